The van der Waals surface area contributed by atoms with E-state index in [9.17, 15) is 9.59 Å². The van der Waals surface area contributed by atoms with Crippen molar-refractivity contribution in [3.63, 3.8) is 0 Å². The zero-order valence-electron chi connectivity index (χ0n) is 15.6. The van der Waals surface area contributed by atoms with Crippen LogP contribution in [-0.4, -0.2) is 47.2 Å². The number of anilines is 1. The molecule has 2 fully saturated rings. The van der Waals surface area contributed by atoms with Gasteiger partial charge in [0.05, 0.1) is 6.54 Å². The van der Waals surface area contributed by atoms with Crippen molar-refractivity contribution in [3.8, 4) is 0 Å². The van der Waals surface area contributed by atoms with Gasteiger partial charge < -0.3 is 15.7 Å². The van der Waals surface area contributed by atoms with E-state index in [-0.39, 0.29) is 24.7 Å². The number of carbonyl (C=O) groups is 2. The molecule has 1 aromatic carbocycles. The first-order valence-corrected chi connectivity index (χ1v) is 9.54. The summed E-state index contributed by atoms with van der Waals surface area (Å²) in [6.07, 6.45) is 4.06. The smallest absolute Gasteiger partial charge is 0.319 e. The predicted molar refractivity (Wildman–Crippen MR) is 101 cm³/mol. The van der Waals surface area contributed by atoms with Crippen LogP contribution >= 0.6 is 0 Å². The van der Waals surface area contributed by atoms with Crippen molar-refractivity contribution in [2.24, 2.45) is 5.92 Å². The zero-order valence-corrected chi connectivity index (χ0v) is 15.6. The Bertz CT molecular complexity index is 634. The number of urea groups is 1. The normalized spacial score (nSPS) is 22.2. The minimum Gasteiger partial charge on any atom is -0.480 e. The summed E-state index contributed by atoms with van der Waals surface area (Å²) in [5, 5.41) is 14.9. The van der Waals surface area contributed by atoms with Crippen LogP contribution in [0.2, 0.25) is 0 Å². The van der Waals surface area contributed by atoms with Crippen molar-refractivity contribution in [1.29, 1.82) is 0 Å². The van der Waals surface area contributed by atoms with E-state index in [1.54, 1.807) is 0 Å². The van der Waals surface area contributed by atoms with Crippen LogP contribution < -0.4 is 10.6 Å². The number of rotatable bonds is 8. The zero-order chi connectivity index (χ0) is 18.7. The lowest BCUT2D eigenvalue weighted by Gasteiger charge is -2.42. The number of nitrogens with zero attached hydrogens (tertiary/aromatic N) is 1. The molecule has 2 saturated carbocycles. The largest absolute Gasteiger partial charge is 0.480 e. The van der Waals surface area contributed by atoms with Crippen LogP contribution in [-0.2, 0) is 4.79 Å². The van der Waals surface area contributed by atoms with Gasteiger partial charge in [0.25, 0.3) is 0 Å². The van der Waals surface area contributed by atoms with Gasteiger partial charge in [0.1, 0.15) is 0 Å². The van der Waals surface area contributed by atoms with Gasteiger partial charge in [-0.05, 0) is 55.2 Å². The van der Waals surface area contributed by atoms with Gasteiger partial charge in [-0.2, -0.15) is 0 Å². The Balaban J connectivity index is 1.42. The molecule has 6 heteroatoms. The maximum atomic E-state index is 12.1. The SMILES string of the molecule is CC(C)c1ccc(NC(=O)NC2CC(N(CC(=O)O)CC3CC3)C2)cc1. The van der Waals surface area contributed by atoms with E-state index >= 15 is 0 Å². The summed E-state index contributed by atoms with van der Waals surface area (Å²) in [4.78, 5) is 25.3. The Labute approximate surface area is 155 Å². The lowest BCUT2D eigenvalue weighted by molar-refractivity contribution is -0.139. The minimum absolute atomic E-state index is 0.0995. The third-order valence-corrected chi connectivity index (χ3v) is 5.33. The van der Waals surface area contributed by atoms with Crippen molar-refractivity contribution in [3.05, 3.63) is 29.8 Å². The maximum Gasteiger partial charge on any atom is 0.319 e. The van der Waals surface area contributed by atoms with Gasteiger partial charge >= 0.3 is 12.0 Å². The molecule has 0 unspecified atom stereocenters. The highest BCUT2D eigenvalue weighted by molar-refractivity contribution is 5.89. The number of benzene rings is 1. The van der Waals surface area contributed by atoms with Gasteiger partial charge in [0.2, 0.25) is 0 Å². The van der Waals surface area contributed by atoms with Crippen LogP contribution in [0.3, 0.4) is 0 Å². The molecule has 142 valence electrons. The van der Waals surface area contributed by atoms with Crippen LogP contribution in [0.4, 0.5) is 10.5 Å². The van der Waals surface area contributed by atoms with Crippen molar-refractivity contribution in [1.82, 2.24) is 10.2 Å². The van der Waals surface area contributed by atoms with E-state index in [1.165, 1.54) is 18.4 Å². The quantitative estimate of drug-likeness (QED) is 0.665. The Hall–Kier alpha value is -2.08. The molecular formula is C20H29N3O3. The van der Waals surface area contributed by atoms with Gasteiger partial charge in [-0.3, -0.25) is 9.69 Å². The first-order valence-electron chi connectivity index (χ1n) is 9.54. The summed E-state index contributed by atoms with van der Waals surface area (Å²) in [6.45, 7) is 5.25. The van der Waals surface area contributed by atoms with Gasteiger partial charge in [-0.1, -0.05) is 26.0 Å². The first kappa shape index (κ1) is 18.7. The third-order valence-electron chi connectivity index (χ3n) is 5.33. The van der Waals surface area contributed by atoms with E-state index in [1.807, 2.05) is 24.3 Å². The van der Waals surface area contributed by atoms with E-state index in [2.05, 4.69) is 29.4 Å². The van der Waals surface area contributed by atoms with Crippen LogP contribution in [0.25, 0.3) is 0 Å². The molecular weight excluding hydrogens is 330 g/mol. The van der Waals surface area contributed by atoms with Gasteiger partial charge in [-0.15, -0.1) is 0 Å². The van der Waals surface area contributed by atoms with Crippen molar-refractivity contribution in [2.75, 3.05) is 18.4 Å². The lowest BCUT2D eigenvalue weighted by Crippen LogP contribution is -2.55. The average Bonchev–Trinajstić information content (AvgIpc) is 3.34. The average molecular weight is 359 g/mol. The molecule has 0 aromatic heterocycles. The molecule has 0 bridgehead atoms. The second-order valence-electron chi connectivity index (χ2n) is 7.96. The van der Waals surface area contributed by atoms with Crippen molar-refractivity contribution >= 4 is 17.7 Å². The Morgan fingerprint density at radius 3 is 2.38 bits per heavy atom. The topological polar surface area (TPSA) is 81.7 Å². The Morgan fingerprint density at radius 2 is 1.85 bits per heavy atom. The fourth-order valence-electron chi connectivity index (χ4n) is 3.46. The number of carbonyl (C=O) groups excluding carboxylic acids is 1. The molecule has 0 heterocycles. The van der Waals surface area contributed by atoms with Crippen molar-refractivity contribution < 1.29 is 14.7 Å². The minimum atomic E-state index is -0.773. The molecule has 0 aliphatic heterocycles. The number of aliphatic carboxylic acids is 1. The number of hydrogen-bond donors (Lipinski definition) is 3. The van der Waals surface area contributed by atoms with Crippen molar-refractivity contribution in [2.45, 2.75) is 57.5 Å². The molecule has 2 aliphatic carbocycles. The summed E-state index contributed by atoms with van der Waals surface area (Å²) in [7, 11) is 0. The van der Waals surface area contributed by atoms with Crippen LogP contribution in [0.5, 0.6) is 0 Å². The molecule has 26 heavy (non-hydrogen) atoms. The number of hydrogen-bond acceptors (Lipinski definition) is 3. The molecule has 2 amide bonds. The fraction of sp³-hybridized carbons (Fsp3) is 0.600. The van der Waals surface area contributed by atoms with Crippen LogP contribution in [0.1, 0.15) is 51.0 Å². The predicted octanol–water partition coefficient (Wildman–Crippen LogP) is 3.26. The maximum absolute atomic E-state index is 12.1. The summed E-state index contributed by atoms with van der Waals surface area (Å²) < 4.78 is 0. The molecule has 0 spiro atoms. The molecule has 3 rings (SSSR count). The van der Waals surface area contributed by atoms with E-state index in [0.29, 0.717) is 11.8 Å². The highest BCUT2D eigenvalue weighted by Crippen LogP contribution is 2.33. The van der Waals surface area contributed by atoms with Crippen LogP contribution in [0, 0.1) is 5.92 Å². The summed E-state index contributed by atoms with van der Waals surface area (Å²) >= 11 is 0. The second kappa shape index (κ2) is 8.08. The molecule has 0 radical (unpaired) electrons. The standard InChI is InChI=1S/C20H29N3O3/c1-13(2)15-5-7-16(8-6-15)21-20(26)22-17-9-18(10-17)23(12-19(24)25)11-14-3-4-14/h5-8,13-14,17-18H,3-4,9-12H2,1-2H3,(H,24,25)(H2,21,22,26). The fourth-order valence-corrected chi connectivity index (χ4v) is 3.46. The van der Waals surface area contributed by atoms with E-state index in [4.69, 9.17) is 5.11 Å². The summed E-state index contributed by atoms with van der Waals surface area (Å²) in [5.74, 6) is 0.359. The molecule has 0 saturated heterocycles. The summed E-state index contributed by atoms with van der Waals surface area (Å²) in [6, 6.07) is 8.08. The molecule has 2 aliphatic rings. The monoisotopic (exact) mass is 359 g/mol. The summed E-state index contributed by atoms with van der Waals surface area (Å²) in [5.41, 5.74) is 2.02. The Morgan fingerprint density at radius 1 is 1.19 bits per heavy atom. The van der Waals surface area contributed by atoms with E-state index < -0.39 is 5.97 Å². The van der Waals surface area contributed by atoms with E-state index in [0.717, 1.165) is 25.1 Å². The first-order chi connectivity index (χ1) is 12.4. The highest BCUT2D eigenvalue weighted by atomic mass is 16.4. The van der Waals surface area contributed by atoms with Gasteiger partial charge in [-0.25, -0.2) is 4.79 Å². The number of carboxylic acids is 1. The highest BCUT2D eigenvalue weighted by Gasteiger charge is 2.37. The molecule has 1 aromatic rings. The third kappa shape index (κ3) is 5.21. The Kier molecular flexibility index (Phi) is 5.81. The number of amides is 2. The van der Waals surface area contributed by atoms with Crippen LogP contribution in [0.15, 0.2) is 24.3 Å². The molecule has 0 atom stereocenters. The number of carboxylic acid groups (broad SMARTS) is 1. The number of nitrogens with one attached hydrogen (secondary N) is 2. The molecule has 3 N–H and O–H groups in total. The van der Waals surface area contributed by atoms with Gasteiger partial charge in [0, 0.05) is 24.3 Å². The van der Waals surface area contributed by atoms with Gasteiger partial charge in [0.15, 0.2) is 0 Å². The second-order valence-corrected chi connectivity index (χ2v) is 7.96. The molecule has 6 nitrogen and oxygen atoms in total. The lowest BCUT2D eigenvalue weighted by atomic mass is 9.85.